The minimum Gasteiger partial charge on any atom is -0.762 e. The van der Waals surface area contributed by atoms with E-state index in [2.05, 4.69) is 0 Å². The fourth-order valence-electron chi connectivity index (χ4n) is 0.686. The third-order valence-corrected chi connectivity index (χ3v) is 1.51. The van der Waals surface area contributed by atoms with E-state index >= 15 is 0 Å². The Labute approximate surface area is 76.8 Å². The summed E-state index contributed by atoms with van der Waals surface area (Å²) in [5.74, 6) is 0. The molecule has 0 aromatic heterocycles. The topological polar surface area (TPSA) is 93.1 Å². The normalized spacial score (nSPS) is 14.7. The van der Waals surface area contributed by atoms with Gasteiger partial charge in [0.05, 0.1) is 0 Å². The summed E-state index contributed by atoms with van der Waals surface area (Å²) >= 11 is 0. The molecule has 0 aliphatic rings. The summed E-state index contributed by atoms with van der Waals surface area (Å²) in [5, 5.41) is 36.6. The van der Waals surface area contributed by atoms with Gasteiger partial charge in [0.25, 0.3) is 0 Å². The highest BCUT2D eigenvalue weighted by atomic mass is 16.8. The number of hydrogen-bond donors (Lipinski definition) is 2. The van der Waals surface area contributed by atoms with Crippen LogP contribution in [0.5, 0.6) is 0 Å². The van der Waals surface area contributed by atoms with E-state index in [0.29, 0.717) is 12.8 Å². The summed E-state index contributed by atoms with van der Waals surface area (Å²) < 4.78 is 0. The lowest BCUT2D eigenvalue weighted by Crippen LogP contribution is -2.22. The van der Waals surface area contributed by atoms with Gasteiger partial charge in [-0.15, -0.1) is 0 Å². The number of hydroxylamine groups is 4. The smallest absolute Gasteiger partial charge is 0.0222 e. The van der Waals surface area contributed by atoms with Crippen LogP contribution in [0.15, 0.2) is 12.2 Å². The third kappa shape index (κ3) is 7.85. The van der Waals surface area contributed by atoms with Gasteiger partial charge in [0.1, 0.15) is 0 Å². The minimum atomic E-state index is -0.492. The number of hydrogen-bond acceptors (Lipinski definition) is 6. The van der Waals surface area contributed by atoms with Gasteiger partial charge in [0, 0.05) is 12.6 Å². The Kier molecular flexibility index (Phi) is 6.69. The summed E-state index contributed by atoms with van der Waals surface area (Å²) in [5.41, 5.74) is 0. The van der Waals surface area contributed by atoms with Crippen molar-refractivity contribution in [3.8, 4) is 0 Å². The van der Waals surface area contributed by atoms with Gasteiger partial charge in [-0.05, 0) is 19.8 Å². The van der Waals surface area contributed by atoms with Crippen LogP contribution in [-0.4, -0.2) is 33.5 Å². The molecule has 0 bridgehead atoms. The largest absolute Gasteiger partial charge is 0.762 e. The maximum atomic E-state index is 10.3. The average Bonchev–Trinajstić information content (AvgIpc) is 2.02. The zero-order chi connectivity index (χ0) is 10.3. The van der Waals surface area contributed by atoms with Crippen molar-refractivity contribution < 1.29 is 10.4 Å². The van der Waals surface area contributed by atoms with Crippen LogP contribution in [0.4, 0.5) is 0 Å². The van der Waals surface area contributed by atoms with Gasteiger partial charge in [-0.1, -0.05) is 12.2 Å². The Morgan fingerprint density at radius 2 is 1.92 bits per heavy atom. The Bertz CT molecular complexity index is 149. The molecule has 0 saturated heterocycles. The minimum absolute atomic E-state index is 0.00505. The van der Waals surface area contributed by atoms with E-state index in [1.165, 1.54) is 0 Å². The molecule has 2 N–H and O–H groups in total. The second kappa shape index (κ2) is 6.96. The molecule has 6 heteroatoms. The zero-order valence-electron chi connectivity index (χ0n) is 7.46. The van der Waals surface area contributed by atoms with Crippen LogP contribution in [0.3, 0.4) is 0 Å². The van der Waals surface area contributed by atoms with E-state index in [1.54, 1.807) is 19.1 Å². The van der Waals surface area contributed by atoms with Crippen molar-refractivity contribution in [1.82, 2.24) is 10.5 Å². The van der Waals surface area contributed by atoms with Crippen LogP contribution >= 0.6 is 0 Å². The van der Waals surface area contributed by atoms with Crippen molar-refractivity contribution in [2.24, 2.45) is 0 Å². The van der Waals surface area contributed by atoms with Gasteiger partial charge in [-0.3, -0.25) is 10.5 Å². The van der Waals surface area contributed by atoms with E-state index in [-0.39, 0.29) is 17.0 Å². The molecule has 13 heavy (non-hydrogen) atoms. The predicted octanol–water partition coefficient (Wildman–Crippen LogP) is 1.09. The van der Waals surface area contributed by atoms with Crippen LogP contribution in [-0.2, 0) is 0 Å². The molecule has 0 aromatic carbocycles. The molecule has 0 heterocycles. The van der Waals surface area contributed by atoms with Gasteiger partial charge in [0.15, 0.2) is 0 Å². The molecule has 78 valence electrons. The maximum Gasteiger partial charge on any atom is 0.0222 e. The van der Waals surface area contributed by atoms with Crippen LogP contribution in [0.2, 0.25) is 0 Å². The molecule has 0 aliphatic carbocycles. The van der Waals surface area contributed by atoms with Crippen molar-refractivity contribution in [2.45, 2.75) is 25.8 Å². The van der Waals surface area contributed by atoms with Crippen molar-refractivity contribution in [3.63, 3.8) is 0 Å². The molecule has 0 aliphatic heterocycles. The average molecular weight is 190 g/mol. The molecule has 0 radical (unpaired) electrons. The van der Waals surface area contributed by atoms with Gasteiger partial charge in [0.2, 0.25) is 0 Å². The third-order valence-electron chi connectivity index (χ3n) is 1.51. The van der Waals surface area contributed by atoms with Crippen molar-refractivity contribution >= 4 is 0 Å². The second-order valence-electron chi connectivity index (χ2n) is 2.72. The van der Waals surface area contributed by atoms with E-state index < -0.39 is 6.04 Å². The fourth-order valence-corrected chi connectivity index (χ4v) is 0.686. The van der Waals surface area contributed by atoms with Crippen molar-refractivity contribution in [2.75, 3.05) is 6.54 Å². The molecular formula is C7H14N2O4-2. The lowest BCUT2D eigenvalue weighted by Gasteiger charge is -2.26. The standard InChI is InChI=1S/C7H14N2O4/c1-7(9(12)13)5-3-2-4-6-8(10)11/h2-3,7,10,12H,4-6H2,1H3/q-2/b3-2-. The highest BCUT2D eigenvalue weighted by molar-refractivity contribution is 4.85. The molecule has 1 atom stereocenters. The highest BCUT2D eigenvalue weighted by Gasteiger charge is 1.96. The number of nitrogens with zero attached hydrogens (tertiary/aromatic N) is 2. The first-order chi connectivity index (χ1) is 6.04. The molecule has 0 saturated carbocycles. The summed E-state index contributed by atoms with van der Waals surface area (Å²) in [4.78, 5) is 0. The van der Waals surface area contributed by atoms with E-state index in [1.807, 2.05) is 0 Å². The van der Waals surface area contributed by atoms with Gasteiger partial charge in [-0.25, -0.2) is 0 Å². The molecule has 1 unspecified atom stereocenters. The molecular weight excluding hydrogens is 176 g/mol. The van der Waals surface area contributed by atoms with E-state index in [4.69, 9.17) is 10.4 Å². The van der Waals surface area contributed by atoms with Crippen LogP contribution < -0.4 is 0 Å². The van der Waals surface area contributed by atoms with Gasteiger partial charge in [-0.2, -0.15) is 0 Å². The maximum absolute atomic E-state index is 10.3. The Morgan fingerprint density at radius 3 is 2.38 bits per heavy atom. The van der Waals surface area contributed by atoms with E-state index in [9.17, 15) is 10.4 Å². The summed E-state index contributed by atoms with van der Waals surface area (Å²) in [6.07, 6.45) is 4.16. The van der Waals surface area contributed by atoms with Crippen molar-refractivity contribution in [3.05, 3.63) is 22.6 Å². The molecule has 0 rings (SSSR count). The Hall–Kier alpha value is -0.500. The molecule has 6 nitrogen and oxygen atoms in total. The Morgan fingerprint density at radius 1 is 1.31 bits per heavy atom. The van der Waals surface area contributed by atoms with E-state index in [0.717, 1.165) is 0 Å². The van der Waals surface area contributed by atoms with Gasteiger partial charge >= 0.3 is 0 Å². The number of rotatable bonds is 6. The van der Waals surface area contributed by atoms with Crippen LogP contribution in [0.1, 0.15) is 19.8 Å². The van der Waals surface area contributed by atoms with Crippen molar-refractivity contribution in [1.29, 1.82) is 0 Å². The summed E-state index contributed by atoms with van der Waals surface area (Å²) in [6.45, 7) is 1.58. The first kappa shape index (κ1) is 12.5. The molecule has 0 spiro atoms. The Balaban J connectivity index is 3.41. The zero-order valence-corrected chi connectivity index (χ0v) is 7.46. The fraction of sp³-hybridized carbons (Fsp3) is 0.714. The molecule has 0 amide bonds. The quantitative estimate of drug-likeness (QED) is 0.481. The van der Waals surface area contributed by atoms with Gasteiger partial charge < -0.3 is 20.8 Å². The highest BCUT2D eigenvalue weighted by Crippen LogP contribution is 2.00. The molecule has 0 aromatic rings. The first-order valence-electron chi connectivity index (χ1n) is 3.98. The lowest BCUT2D eigenvalue weighted by atomic mass is 10.2. The molecule has 0 fully saturated rings. The SMILES string of the molecule is CC(C/C=C\CCN([O-])O)N([O-])O. The second-order valence-corrected chi connectivity index (χ2v) is 2.72. The van der Waals surface area contributed by atoms with Crippen LogP contribution in [0.25, 0.3) is 0 Å². The van der Waals surface area contributed by atoms with Crippen LogP contribution in [0, 0.1) is 10.4 Å². The monoisotopic (exact) mass is 190 g/mol. The first-order valence-corrected chi connectivity index (χ1v) is 3.98. The summed E-state index contributed by atoms with van der Waals surface area (Å²) in [7, 11) is 0. The predicted molar refractivity (Wildman–Crippen MR) is 46.7 cm³/mol. The summed E-state index contributed by atoms with van der Waals surface area (Å²) in [6, 6.07) is -0.492. The lowest BCUT2D eigenvalue weighted by molar-refractivity contribution is -0.0721.